The van der Waals surface area contributed by atoms with Crippen LogP contribution in [0.2, 0.25) is 0 Å². The van der Waals surface area contributed by atoms with E-state index in [0.29, 0.717) is 16.8 Å². The molecule has 0 aromatic heterocycles. The number of carbonyl (C=O) groups excluding carboxylic acids is 1. The summed E-state index contributed by atoms with van der Waals surface area (Å²) in [5, 5.41) is 0.713. The van der Waals surface area contributed by atoms with E-state index in [1.54, 1.807) is 13.2 Å². The molecule has 0 N–H and O–H groups in total. The van der Waals surface area contributed by atoms with Crippen LogP contribution in [0, 0.1) is 0 Å². The third-order valence-electron chi connectivity index (χ3n) is 4.44. The average Bonchev–Trinajstić information content (AvgIpc) is 2.69. The fourth-order valence-corrected chi connectivity index (χ4v) is 3.51. The van der Waals surface area contributed by atoms with Crippen molar-refractivity contribution in [3.05, 3.63) is 66.2 Å². The van der Waals surface area contributed by atoms with Gasteiger partial charge in [0.1, 0.15) is 0 Å². The molecule has 5 heteroatoms. The van der Waals surface area contributed by atoms with Crippen LogP contribution in [-0.4, -0.2) is 13.1 Å². The number of rotatable bonds is 3. The topological polar surface area (TPSA) is 52.6 Å². The van der Waals surface area contributed by atoms with Gasteiger partial charge in [0.05, 0.1) is 13.5 Å². The largest absolute Gasteiger partial charge is 0.492 e. The lowest BCUT2D eigenvalue weighted by atomic mass is 9.93. The molecule has 0 fully saturated rings. The number of fused-ring (bicyclic) bond motifs is 5. The molecular formula is C21H15O4P. The standard InChI is InChI=1S/C21H15O4P/c1-24-21-18-3-2-4-19(21)25-20(22)12-15-11-14(18)7-10-17(15)13-5-8-16(26-23)9-6-13/h2-11H,12H2,1H3. The maximum atomic E-state index is 12.4. The van der Waals surface area contributed by atoms with Crippen LogP contribution >= 0.6 is 8.46 Å². The molecule has 0 unspecified atom stereocenters. The van der Waals surface area contributed by atoms with E-state index in [4.69, 9.17) is 9.47 Å². The Labute approximate surface area is 152 Å². The summed E-state index contributed by atoms with van der Waals surface area (Å²) in [6.45, 7) is 0. The summed E-state index contributed by atoms with van der Waals surface area (Å²) in [5.74, 6) is 0.647. The lowest BCUT2D eigenvalue weighted by Gasteiger charge is -2.12. The van der Waals surface area contributed by atoms with Gasteiger partial charge in [-0.3, -0.25) is 9.36 Å². The Balaban J connectivity index is 1.89. The molecule has 4 nitrogen and oxygen atoms in total. The third kappa shape index (κ3) is 2.89. The number of hydrogen-bond acceptors (Lipinski definition) is 4. The van der Waals surface area contributed by atoms with Gasteiger partial charge in [-0.1, -0.05) is 36.4 Å². The van der Waals surface area contributed by atoms with Crippen LogP contribution in [0.15, 0.2) is 60.7 Å². The number of hydrogen-bond donors (Lipinski definition) is 0. The smallest absolute Gasteiger partial charge is 0.315 e. The summed E-state index contributed by atoms with van der Waals surface area (Å²) in [4.78, 5) is 12.4. The van der Waals surface area contributed by atoms with E-state index in [-0.39, 0.29) is 20.9 Å². The lowest BCUT2D eigenvalue weighted by Crippen LogP contribution is -2.12. The van der Waals surface area contributed by atoms with E-state index >= 15 is 0 Å². The Bertz CT molecular complexity index is 1010. The van der Waals surface area contributed by atoms with Crippen LogP contribution in [0.4, 0.5) is 0 Å². The number of para-hydroxylation sites is 1. The molecule has 0 spiro atoms. The van der Waals surface area contributed by atoms with E-state index in [9.17, 15) is 9.36 Å². The predicted octanol–water partition coefficient (Wildman–Crippen LogP) is 4.41. The summed E-state index contributed by atoms with van der Waals surface area (Å²) >= 11 is 0. The maximum Gasteiger partial charge on any atom is 0.315 e. The molecule has 1 heterocycles. The summed E-state index contributed by atoms with van der Waals surface area (Å²) in [6.07, 6.45) is 0.159. The quantitative estimate of drug-likeness (QED) is 0.393. The van der Waals surface area contributed by atoms with Crippen molar-refractivity contribution in [2.75, 3.05) is 7.11 Å². The molecule has 0 radical (unpaired) electrons. The Morgan fingerprint density at radius 1 is 0.962 bits per heavy atom. The third-order valence-corrected chi connectivity index (χ3v) is 4.95. The molecule has 3 aromatic carbocycles. The highest BCUT2D eigenvalue weighted by Gasteiger charge is 2.20. The average molecular weight is 362 g/mol. The Hall–Kier alpha value is -2.97. The number of methoxy groups -OCH3 is 1. The molecule has 0 aliphatic carbocycles. The van der Waals surface area contributed by atoms with Gasteiger partial charge in [0, 0.05) is 10.9 Å². The van der Waals surface area contributed by atoms with Crippen molar-refractivity contribution in [3.63, 3.8) is 0 Å². The Kier molecular flexibility index (Phi) is 4.27. The molecule has 3 aromatic rings. The SMILES string of the molecule is COc1c2cccc1-c1ccc(-c3ccc(P=O)cc3)c(c1)CC(=O)O2. The van der Waals surface area contributed by atoms with E-state index in [0.717, 1.165) is 27.8 Å². The molecule has 0 atom stereocenters. The van der Waals surface area contributed by atoms with Gasteiger partial charge in [0.15, 0.2) is 20.0 Å². The second-order valence-corrected chi connectivity index (χ2v) is 6.70. The van der Waals surface area contributed by atoms with Crippen molar-refractivity contribution < 1.29 is 18.8 Å². The van der Waals surface area contributed by atoms with Crippen LogP contribution in [0.3, 0.4) is 0 Å². The van der Waals surface area contributed by atoms with Crippen LogP contribution in [0.5, 0.6) is 11.5 Å². The maximum absolute atomic E-state index is 12.4. The van der Waals surface area contributed by atoms with Crippen molar-refractivity contribution in [1.29, 1.82) is 0 Å². The van der Waals surface area contributed by atoms with Crippen LogP contribution in [0.25, 0.3) is 22.3 Å². The summed E-state index contributed by atoms with van der Waals surface area (Å²) < 4.78 is 22.0. The lowest BCUT2D eigenvalue weighted by molar-refractivity contribution is -0.133. The first-order chi connectivity index (χ1) is 12.7. The first-order valence-corrected chi connectivity index (χ1v) is 8.95. The number of esters is 1. The van der Waals surface area contributed by atoms with Gasteiger partial charge in [-0.25, -0.2) is 0 Å². The molecule has 0 saturated carbocycles. The molecule has 1 aliphatic rings. The Morgan fingerprint density at radius 3 is 2.46 bits per heavy atom. The highest BCUT2D eigenvalue weighted by molar-refractivity contribution is 7.34. The normalized spacial score (nSPS) is 12.7. The number of benzene rings is 3. The van der Waals surface area contributed by atoms with Gasteiger partial charge in [-0.15, -0.1) is 0 Å². The fourth-order valence-electron chi connectivity index (χ4n) is 3.24. The predicted molar refractivity (Wildman–Crippen MR) is 100 cm³/mol. The molecule has 4 bridgehead atoms. The zero-order valence-corrected chi connectivity index (χ0v) is 15.0. The first kappa shape index (κ1) is 16.5. The van der Waals surface area contributed by atoms with Gasteiger partial charge >= 0.3 is 5.97 Å². The molecular weight excluding hydrogens is 347 g/mol. The van der Waals surface area contributed by atoms with E-state index in [2.05, 4.69) is 0 Å². The van der Waals surface area contributed by atoms with Gasteiger partial charge in [-0.2, -0.15) is 0 Å². The van der Waals surface area contributed by atoms with Crippen molar-refractivity contribution >= 4 is 19.7 Å². The van der Waals surface area contributed by atoms with Gasteiger partial charge in [0.25, 0.3) is 0 Å². The van der Waals surface area contributed by atoms with Gasteiger partial charge in [0.2, 0.25) is 0 Å². The van der Waals surface area contributed by atoms with E-state index < -0.39 is 0 Å². The minimum absolute atomic E-state index is 0.00794. The summed E-state index contributed by atoms with van der Waals surface area (Å²) in [7, 11) is 1.56. The zero-order chi connectivity index (χ0) is 18.1. The second kappa shape index (κ2) is 6.74. The molecule has 0 saturated heterocycles. The van der Waals surface area contributed by atoms with Gasteiger partial charge < -0.3 is 9.47 Å². The summed E-state index contributed by atoms with van der Waals surface area (Å²) in [6, 6.07) is 19.0. The molecule has 0 amide bonds. The van der Waals surface area contributed by atoms with Crippen molar-refractivity contribution in [2.45, 2.75) is 6.42 Å². The van der Waals surface area contributed by atoms with Gasteiger partial charge in [-0.05, 0) is 46.5 Å². The van der Waals surface area contributed by atoms with Crippen molar-refractivity contribution in [2.24, 2.45) is 0 Å². The van der Waals surface area contributed by atoms with Crippen LogP contribution in [-0.2, 0) is 15.8 Å². The summed E-state index contributed by atoms with van der Waals surface area (Å²) in [5.41, 5.74) is 4.64. The minimum Gasteiger partial charge on any atom is -0.492 e. The Morgan fingerprint density at radius 2 is 1.73 bits per heavy atom. The van der Waals surface area contributed by atoms with Crippen LogP contribution in [0.1, 0.15) is 5.56 Å². The highest BCUT2D eigenvalue weighted by atomic mass is 31.1. The highest BCUT2D eigenvalue weighted by Crippen LogP contribution is 2.40. The molecule has 128 valence electrons. The molecule has 1 aliphatic heterocycles. The van der Waals surface area contributed by atoms with Crippen LogP contribution < -0.4 is 14.8 Å². The fraction of sp³-hybridized carbons (Fsp3) is 0.0952. The minimum atomic E-state index is -0.338. The molecule has 26 heavy (non-hydrogen) atoms. The second-order valence-electron chi connectivity index (χ2n) is 6.00. The monoisotopic (exact) mass is 362 g/mol. The zero-order valence-electron chi connectivity index (χ0n) is 14.1. The van der Waals surface area contributed by atoms with Crippen molar-refractivity contribution in [1.82, 2.24) is 0 Å². The molecule has 4 rings (SSSR count). The first-order valence-electron chi connectivity index (χ1n) is 8.14. The van der Waals surface area contributed by atoms with Crippen molar-refractivity contribution in [3.8, 4) is 33.8 Å². The number of carbonyl (C=O) groups is 1. The van der Waals surface area contributed by atoms with E-state index in [1.807, 2.05) is 54.6 Å². The van der Waals surface area contributed by atoms with E-state index in [1.165, 1.54) is 0 Å². The number of ether oxygens (including phenoxy) is 2.